The maximum Gasteiger partial charge on any atom is 0.407 e. The van der Waals surface area contributed by atoms with E-state index >= 15 is 0 Å². The highest BCUT2D eigenvalue weighted by Crippen LogP contribution is 2.45. The summed E-state index contributed by atoms with van der Waals surface area (Å²) in [5.74, 6) is -1.67. The van der Waals surface area contributed by atoms with Crippen LogP contribution in [0.15, 0.2) is 0 Å². The monoisotopic (exact) mass is 319 g/mol. The molecule has 0 rings (SSSR count). The van der Waals surface area contributed by atoms with Gasteiger partial charge in [0.15, 0.2) is 0 Å². The molecule has 1 atom stereocenters. The third-order valence-electron chi connectivity index (χ3n) is 2.12. The second kappa shape index (κ2) is 7.99. The molecule has 0 aromatic heterocycles. The van der Waals surface area contributed by atoms with Crippen LogP contribution in [0, 0.1) is 0 Å². The van der Waals surface area contributed by atoms with E-state index in [2.05, 4.69) is 4.74 Å². The van der Waals surface area contributed by atoms with Crippen molar-refractivity contribution in [1.29, 1.82) is 0 Å². The van der Waals surface area contributed by atoms with Gasteiger partial charge >= 0.3 is 21.3 Å². The first-order chi connectivity index (χ1) is 8.56. The molecule has 114 valence electrons. The van der Waals surface area contributed by atoms with Gasteiger partial charge in [-0.3, -0.25) is 9.13 Å². The van der Waals surface area contributed by atoms with Gasteiger partial charge in [0.1, 0.15) is 5.78 Å². The number of alkyl carbamates (subject to hydrolysis) is 1. The van der Waals surface area contributed by atoms with Crippen LogP contribution in [-0.4, -0.2) is 44.2 Å². The largest absolute Gasteiger partial charge is 0.450 e. The lowest BCUT2D eigenvalue weighted by Gasteiger charge is -2.19. The highest BCUT2D eigenvalue weighted by atomic mass is 31.2. The lowest BCUT2D eigenvalue weighted by Crippen LogP contribution is -2.36. The van der Waals surface area contributed by atoms with Gasteiger partial charge < -0.3 is 29.6 Å². The van der Waals surface area contributed by atoms with Crippen LogP contribution in [-0.2, 0) is 13.9 Å². The molecule has 11 heteroatoms. The normalized spacial score (nSPS) is 13.9. The summed E-state index contributed by atoms with van der Waals surface area (Å²) in [6, 6.07) is 0. The predicted octanol–water partition coefficient (Wildman–Crippen LogP) is 0.584. The van der Waals surface area contributed by atoms with Crippen LogP contribution in [0.4, 0.5) is 4.79 Å². The average Bonchev–Trinajstić information content (AvgIpc) is 2.21. The fourth-order valence-corrected chi connectivity index (χ4v) is 2.64. The summed E-state index contributed by atoms with van der Waals surface area (Å²) >= 11 is 0. The average molecular weight is 319 g/mol. The van der Waals surface area contributed by atoms with Gasteiger partial charge in [0.05, 0.1) is 12.8 Å². The maximum atomic E-state index is 11.2. The molecule has 0 radical (unpaired) electrons. The summed E-state index contributed by atoms with van der Waals surface area (Å²) < 4.78 is 26.4. The molecule has 9 nitrogen and oxygen atoms in total. The van der Waals surface area contributed by atoms with E-state index in [0.29, 0.717) is 6.42 Å². The van der Waals surface area contributed by atoms with Gasteiger partial charge in [0.2, 0.25) is 0 Å². The van der Waals surface area contributed by atoms with Crippen molar-refractivity contribution in [3.63, 3.8) is 0 Å². The second-order valence-electron chi connectivity index (χ2n) is 3.92. The van der Waals surface area contributed by atoms with Gasteiger partial charge in [-0.1, -0.05) is 13.3 Å². The summed E-state index contributed by atoms with van der Waals surface area (Å²) in [7, 11) is -9.10. The van der Waals surface area contributed by atoms with E-state index in [0.717, 1.165) is 6.42 Å². The Morgan fingerprint density at radius 3 is 2.26 bits per heavy atom. The number of ether oxygens (including phenoxy) is 1. The smallest absolute Gasteiger partial charge is 0.407 e. The first-order valence-corrected chi connectivity index (χ1v) is 9.07. The Bertz CT molecular complexity index is 375. The van der Waals surface area contributed by atoms with Gasteiger partial charge in [-0.25, -0.2) is 4.79 Å². The minimum atomic E-state index is -4.71. The Labute approximate surface area is 110 Å². The van der Waals surface area contributed by atoms with Crippen LogP contribution in [0.1, 0.15) is 26.2 Å². The first-order valence-electron chi connectivity index (χ1n) is 5.59. The van der Waals surface area contributed by atoms with Crippen LogP contribution >= 0.6 is 15.2 Å². The van der Waals surface area contributed by atoms with Gasteiger partial charge in [-0.2, -0.15) is 0 Å². The molecule has 0 aliphatic rings. The minimum absolute atomic E-state index is 0.106. The number of hydrogen-bond donors (Lipinski definition) is 5. The minimum Gasteiger partial charge on any atom is -0.450 e. The number of carbonyl (C=O) groups is 1. The van der Waals surface area contributed by atoms with Crippen molar-refractivity contribution in [3.8, 4) is 0 Å². The van der Waals surface area contributed by atoms with Crippen LogP contribution in [0.25, 0.3) is 0 Å². The van der Waals surface area contributed by atoms with Crippen LogP contribution in [0.5, 0.6) is 0 Å². The SMILES string of the molecule is CCCCOC(=O)NC(CCP(=O)(O)O)P(=O)(O)O. The van der Waals surface area contributed by atoms with E-state index < -0.39 is 39.7 Å². The van der Waals surface area contributed by atoms with Crippen LogP contribution < -0.4 is 5.32 Å². The Morgan fingerprint density at radius 1 is 1.26 bits per heavy atom. The number of carbonyl (C=O) groups excluding carboxylic acids is 1. The maximum absolute atomic E-state index is 11.2. The Morgan fingerprint density at radius 2 is 1.84 bits per heavy atom. The zero-order valence-corrected chi connectivity index (χ0v) is 12.2. The fraction of sp³-hybridized carbons (Fsp3) is 0.875. The van der Waals surface area contributed by atoms with Crippen molar-refractivity contribution in [2.24, 2.45) is 0 Å². The quantitative estimate of drug-likeness (QED) is 0.322. The number of amides is 1. The molecule has 1 unspecified atom stereocenters. The summed E-state index contributed by atoms with van der Waals surface area (Å²) in [5.41, 5.74) is 0. The van der Waals surface area contributed by atoms with Crippen molar-refractivity contribution >= 4 is 21.3 Å². The van der Waals surface area contributed by atoms with Gasteiger partial charge in [-0.15, -0.1) is 0 Å². The van der Waals surface area contributed by atoms with Gasteiger partial charge in [0, 0.05) is 0 Å². The Kier molecular flexibility index (Phi) is 7.81. The zero-order chi connectivity index (χ0) is 15.1. The molecule has 0 aliphatic carbocycles. The molecule has 19 heavy (non-hydrogen) atoms. The molecule has 0 aromatic rings. The van der Waals surface area contributed by atoms with E-state index in [-0.39, 0.29) is 6.61 Å². The summed E-state index contributed by atoms with van der Waals surface area (Å²) in [6.45, 7) is 1.98. The topological polar surface area (TPSA) is 153 Å². The van der Waals surface area contributed by atoms with Crippen molar-refractivity contribution < 1.29 is 38.2 Å². The fourth-order valence-electron chi connectivity index (χ4n) is 1.10. The molecule has 0 saturated carbocycles. The first kappa shape index (κ1) is 18.6. The predicted molar refractivity (Wildman–Crippen MR) is 66.8 cm³/mol. The number of hydrogen-bond acceptors (Lipinski definition) is 4. The molecule has 0 heterocycles. The standard InChI is InChI=1S/C8H19NO8P2/c1-2-3-5-17-8(10)9-7(19(14,15)16)4-6-18(11,12)13/h7H,2-6H2,1H3,(H,9,10)(H2,11,12,13)(H2,14,15,16). The van der Waals surface area contributed by atoms with E-state index in [1.165, 1.54) is 0 Å². The van der Waals surface area contributed by atoms with E-state index in [1.807, 2.05) is 12.2 Å². The van der Waals surface area contributed by atoms with Crippen LogP contribution in [0.3, 0.4) is 0 Å². The number of unbranched alkanes of at least 4 members (excludes halogenated alkanes) is 1. The van der Waals surface area contributed by atoms with Gasteiger partial charge in [-0.05, 0) is 12.8 Å². The molecule has 1 amide bonds. The highest BCUT2D eigenvalue weighted by molar-refractivity contribution is 7.53. The van der Waals surface area contributed by atoms with Crippen LogP contribution in [0.2, 0.25) is 0 Å². The number of rotatable bonds is 8. The zero-order valence-electron chi connectivity index (χ0n) is 10.4. The summed E-state index contributed by atoms with van der Waals surface area (Å²) in [5, 5.41) is 1.92. The third-order valence-corrected chi connectivity index (χ3v) is 4.16. The lowest BCUT2D eigenvalue weighted by molar-refractivity contribution is 0.141. The highest BCUT2D eigenvalue weighted by Gasteiger charge is 2.32. The van der Waals surface area contributed by atoms with E-state index in [4.69, 9.17) is 19.6 Å². The lowest BCUT2D eigenvalue weighted by atomic mass is 10.4. The Hall–Kier alpha value is -0.430. The molecule has 0 fully saturated rings. The molecule has 0 spiro atoms. The molecule has 0 aromatic carbocycles. The van der Waals surface area contributed by atoms with E-state index in [1.54, 1.807) is 0 Å². The molecule has 0 saturated heterocycles. The molecule has 0 aliphatic heterocycles. The van der Waals surface area contributed by atoms with Crippen molar-refractivity contribution in [1.82, 2.24) is 5.32 Å². The van der Waals surface area contributed by atoms with Crippen molar-refractivity contribution in [3.05, 3.63) is 0 Å². The molecular weight excluding hydrogens is 300 g/mol. The van der Waals surface area contributed by atoms with Crippen molar-refractivity contribution in [2.75, 3.05) is 12.8 Å². The third kappa shape index (κ3) is 10.1. The second-order valence-corrected chi connectivity index (χ2v) is 7.49. The van der Waals surface area contributed by atoms with Crippen molar-refractivity contribution in [2.45, 2.75) is 32.0 Å². The summed E-state index contributed by atoms with van der Waals surface area (Å²) in [4.78, 5) is 46.5. The summed E-state index contributed by atoms with van der Waals surface area (Å²) in [6.07, 6.45) is -0.910. The molecule has 0 bridgehead atoms. The number of nitrogens with one attached hydrogen (secondary N) is 1. The van der Waals surface area contributed by atoms with E-state index in [9.17, 15) is 13.9 Å². The Balaban J connectivity index is 4.41. The molecule has 5 N–H and O–H groups in total. The molecular formula is C8H19NO8P2. The van der Waals surface area contributed by atoms with Gasteiger partial charge in [0.25, 0.3) is 0 Å².